The lowest BCUT2D eigenvalue weighted by Crippen LogP contribution is -2.47. The van der Waals surface area contributed by atoms with E-state index in [1.54, 1.807) is 0 Å². The van der Waals surface area contributed by atoms with Gasteiger partial charge in [0.2, 0.25) is 5.91 Å². The summed E-state index contributed by atoms with van der Waals surface area (Å²) in [6.45, 7) is 3.49. The number of unbranched alkanes of at least 4 members (excludes halogenated alkanes) is 2. The summed E-state index contributed by atoms with van der Waals surface area (Å²) in [6, 6.07) is 0.346. The molecule has 4 heteroatoms. The normalized spacial score (nSPS) is 23.9. The summed E-state index contributed by atoms with van der Waals surface area (Å²) in [7, 11) is 0. The Bertz CT molecular complexity index is 203. The van der Waals surface area contributed by atoms with E-state index in [9.17, 15) is 4.79 Å². The molecule has 1 fully saturated rings. The highest BCUT2D eigenvalue weighted by atomic mass is 16.5. The van der Waals surface area contributed by atoms with Crippen LogP contribution in [0.5, 0.6) is 0 Å². The van der Waals surface area contributed by atoms with Crippen molar-refractivity contribution >= 4 is 5.91 Å². The third kappa shape index (κ3) is 4.94. The van der Waals surface area contributed by atoms with Crippen LogP contribution in [-0.4, -0.2) is 31.2 Å². The Labute approximate surface area is 97.9 Å². The highest BCUT2D eigenvalue weighted by Crippen LogP contribution is 2.23. The zero-order chi connectivity index (χ0) is 11.8. The van der Waals surface area contributed by atoms with Gasteiger partial charge >= 0.3 is 0 Å². The molecule has 16 heavy (non-hydrogen) atoms. The van der Waals surface area contributed by atoms with Crippen molar-refractivity contribution in [3.8, 4) is 0 Å². The van der Waals surface area contributed by atoms with E-state index in [0.717, 1.165) is 45.3 Å². The molecular weight excluding hydrogens is 204 g/mol. The minimum Gasteiger partial charge on any atom is -0.378 e. The van der Waals surface area contributed by atoms with Crippen LogP contribution in [0, 0.1) is 0 Å². The van der Waals surface area contributed by atoms with E-state index < -0.39 is 0 Å². The minimum absolute atomic E-state index is 0.178. The number of nitrogens with two attached hydrogens (primary N) is 1. The van der Waals surface area contributed by atoms with Gasteiger partial charge in [-0.2, -0.15) is 0 Å². The van der Waals surface area contributed by atoms with Gasteiger partial charge in [-0.25, -0.2) is 0 Å². The van der Waals surface area contributed by atoms with Crippen LogP contribution in [0.15, 0.2) is 0 Å². The smallest absolute Gasteiger partial charge is 0.220 e. The summed E-state index contributed by atoms with van der Waals surface area (Å²) in [5, 5.41) is 3.03. The second-order valence-corrected chi connectivity index (χ2v) is 4.41. The first-order valence-electron chi connectivity index (χ1n) is 6.37. The van der Waals surface area contributed by atoms with Crippen LogP contribution in [0.4, 0.5) is 0 Å². The van der Waals surface area contributed by atoms with Gasteiger partial charge in [0.15, 0.2) is 0 Å². The molecule has 0 aliphatic heterocycles. The van der Waals surface area contributed by atoms with E-state index >= 15 is 0 Å². The second kappa shape index (κ2) is 7.63. The molecular formula is C12H24N2O2. The van der Waals surface area contributed by atoms with Crippen LogP contribution in [0.3, 0.4) is 0 Å². The Morgan fingerprint density at radius 1 is 1.38 bits per heavy atom. The zero-order valence-corrected chi connectivity index (χ0v) is 10.2. The first-order valence-corrected chi connectivity index (χ1v) is 6.37. The van der Waals surface area contributed by atoms with E-state index in [4.69, 9.17) is 10.5 Å². The second-order valence-electron chi connectivity index (χ2n) is 4.41. The summed E-state index contributed by atoms with van der Waals surface area (Å²) in [5.41, 5.74) is 5.39. The van der Waals surface area contributed by atoms with Gasteiger partial charge in [0.1, 0.15) is 0 Å². The van der Waals surface area contributed by atoms with Crippen molar-refractivity contribution in [2.75, 3.05) is 13.2 Å². The van der Waals surface area contributed by atoms with Crippen LogP contribution in [0.2, 0.25) is 0 Å². The molecule has 1 saturated carbocycles. The highest BCUT2D eigenvalue weighted by molar-refractivity contribution is 5.76. The van der Waals surface area contributed by atoms with Crippen molar-refractivity contribution < 1.29 is 9.53 Å². The number of hydrogen-bond acceptors (Lipinski definition) is 3. The van der Waals surface area contributed by atoms with Crippen LogP contribution in [0.25, 0.3) is 0 Å². The molecule has 0 unspecified atom stereocenters. The average Bonchev–Trinajstić information content (AvgIpc) is 2.21. The van der Waals surface area contributed by atoms with E-state index in [-0.39, 0.29) is 5.91 Å². The van der Waals surface area contributed by atoms with Gasteiger partial charge in [0.25, 0.3) is 0 Å². The van der Waals surface area contributed by atoms with E-state index in [1.165, 1.54) is 0 Å². The van der Waals surface area contributed by atoms with Crippen LogP contribution in [-0.2, 0) is 9.53 Å². The Hall–Kier alpha value is -0.610. The van der Waals surface area contributed by atoms with Crippen molar-refractivity contribution in [2.24, 2.45) is 5.73 Å². The van der Waals surface area contributed by atoms with Crippen molar-refractivity contribution in [1.82, 2.24) is 5.32 Å². The van der Waals surface area contributed by atoms with Crippen molar-refractivity contribution in [2.45, 2.75) is 57.6 Å². The highest BCUT2D eigenvalue weighted by Gasteiger charge is 2.30. The SMILES string of the molecule is CCOC1CC(NC(=O)CCCCCN)C1. The molecule has 3 N–H and O–H groups in total. The maximum absolute atomic E-state index is 11.5. The number of carbonyl (C=O) groups is 1. The topological polar surface area (TPSA) is 64.3 Å². The Balaban J connectivity index is 1.95. The Morgan fingerprint density at radius 2 is 2.12 bits per heavy atom. The summed E-state index contributed by atoms with van der Waals surface area (Å²) in [5.74, 6) is 0.178. The molecule has 0 radical (unpaired) electrons. The molecule has 1 aliphatic rings. The van der Waals surface area contributed by atoms with Gasteiger partial charge in [-0.15, -0.1) is 0 Å². The van der Waals surface area contributed by atoms with Crippen molar-refractivity contribution in [3.05, 3.63) is 0 Å². The molecule has 0 aromatic heterocycles. The number of rotatable bonds is 8. The molecule has 0 spiro atoms. The third-order valence-corrected chi connectivity index (χ3v) is 2.97. The fourth-order valence-electron chi connectivity index (χ4n) is 1.96. The lowest BCUT2D eigenvalue weighted by molar-refractivity contribution is -0.123. The van der Waals surface area contributed by atoms with Gasteiger partial charge in [-0.1, -0.05) is 6.42 Å². The first-order chi connectivity index (χ1) is 7.76. The van der Waals surface area contributed by atoms with Crippen molar-refractivity contribution in [3.63, 3.8) is 0 Å². The molecule has 0 bridgehead atoms. The van der Waals surface area contributed by atoms with Gasteiger partial charge < -0.3 is 15.8 Å². The van der Waals surface area contributed by atoms with Gasteiger partial charge in [0, 0.05) is 19.1 Å². The first kappa shape index (κ1) is 13.5. The fraction of sp³-hybridized carbons (Fsp3) is 0.917. The molecule has 0 aromatic rings. The zero-order valence-electron chi connectivity index (χ0n) is 10.2. The maximum Gasteiger partial charge on any atom is 0.220 e. The molecule has 4 nitrogen and oxygen atoms in total. The Morgan fingerprint density at radius 3 is 2.75 bits per heavy atom. The fourth-order valence-corrected chi connectivity index (χ4v) is 1.96. The van der Waals surface area contributed by atoms with Crippen molar-refractivity contribution in [1.29, 1.82) is 0 Å². The predicted octanol–water partition coefficient (Wildman–Crippen LogP) is 1.19. The molecule has 1 rings (SSSR count). The maximum atomic E-state index is 11.5. The molecule has 0 aromatic carbocycles. The van der Waals surface area contributed by atoms with Gasteiger partial charge in [-0.05, 0) is 39.2 Å². The van der Waals surface area contributed by atoms with Gasteiger partial charge in [0.05, 0.1) is 6.10 Å². The number of nitrogens with one attached hydrogen (secondary N) is 1. The molecule has 1 amide bonds. The van der Waals surface area contributed by atoms with E-state index in [1.807, 2.05) is 6.92 Å². The lowest BCUT2D eigenvalue weighted by atomic mass is 9.89. The predicted molar refractivity (Wildman–Crippen MR) is 64.1 cm³/mol. The number of hydrogen-bond donors (Lipinski definition) is 2. The quantitative estimate of drug-likeness (QED) is 0.613. The van der Waals surface area contributed by atoms with Crippen LogP contribution >= 0.6 is 0 Å². The number of carbonyl (C=O) groups excluding carboxylic acids is 1. The third-order valence-electron chi connectivity index (χ3n) is 2.97. The largest absolute Gasteiger partial charge is 0.378 e. The van der Waals surface area contributed by atoms with Crippen LogP contribution in [0.1, 0.15) is 45.4 Å². The summed E-state index contributed by atoms with van der Waals surface area (Å²) in [4.78, 5) is 11.5. The minimum atomic E-state index is 0.178. The molecule has 94 valence electrons. The summed E-state index contributed by atoms with van der Waals surface area (Å²) >= 11 is 0. The molecule has 1 aliphatic carbocycles. The standard InChI is InChI=1S/C12H24N2O2/c1-2-16-11-8-10(9-11)14-12(15)6-4-3-5-7-13/h10-11H,2-9,13H2,1H3,(H,14,15). The molecule has 0 atom stereocenters. The monoisotopic (exact) mass is 228 g/mol. The lowest BCUT2D eigenvalue weighted by Gasteiger charge is -2.35. The molecule has 0 heterocycles. The summed E-state index contributed by atoms with van der Waals surface area (Å²) < 4.78 is 5.44. The average molecular weight is 228 g/mol. The van der Waals surface area contributed by atoms with Gasteiger partial charge in [-0.3, -0.25) is 4.79 Å². The van der Waals surface area contributed by atoms with E-state index in [0.29, 0.717) is 18.6 Å². The van der Waals surface area contributed by atoms with E-state index in [2.05, 4.69) is 5.32 Å². The summed E-state index contributed by atoms with van der Waals surface area (Å²) in [6.07, 6.45) is 5.97. The van der Waals surface area contributed by atoms with Crippen LogP contribution < -0.4 is 11.1 Å². The molecule has 0 saturated heterocycles. The Kier molecular flexibility index (Phi) is 6.42. The number of ether oxygens (including phenoxy) is 1. The number of amides is 1.